The van der Waals surface area contributed by atoms with Crippen molar-refractivity contribution in [3.8, 4) is 0 Å². The van der Waals surface area contributed by atoms with Crippen molar-refractivity contribution in [2.24, 2.45) is 53.3 Å². The van der Waals surface area contributed by atoms with E-state index in [1.54, 1.807) is 5.57 Å². The summed E-state index contributed by atoms with van der Waals surface area (Å²) in [4.78, 5) is 0. The summed E-state index contributed by atoms with van der Waals surface area (Å²) in [6.07, 6.45) is 12.3. The summed E-state index contributed by atoms with van der Waals surface area (Å²) in [7, 11) is 0. The lowest BCUT2D eigenvalue weighted by Crippen LogP contribution is -2.56. The maximum absolute atomic E-state index is 11.5. The van der Waals surface area contributed by atoms with Crippen molar-refractivity contribution in [2.75, 3.05) is 19.8 Å². The van der Waals surface area contributed by atoms with Crippen molar-refractivity contribution in [1.82, 2.24) is 5.32 Å². The fourth-order valence-electron chi connectivity index (χ4n) is 9.33. The summed E-state index contributed by atoms with van der Waals surface area (Å²) in [5.74, 6) is 4.12. The molecule has 0 aromatic carbocycles. The van der Waals surface area contributed by atoms with Crippen LogP contribution in [0.1, 0.15) is 98.8 Å². The lowest BCUT2D eigenvalue weighted by atomic mass is 9.47. The molecule has 38 heavy (non-hydrogen) atoms. The first kappa shape index (κ1) is 30.2. The molecule has 3 saturated carbocycles. The number of aliphatic hydroxyl groups is 3. The molecule has 9 unspecified atom stereocenters. The van der Waals surface area contributed by atoms with Gasteiger partial charge in [-0.05, 0) is 98.9 Å². The van der Waals surface area contributed by atoms with Crippen LogP contribution in [0.3, 0.4) is 0 Å². The first-order valence-corrected chi connectivity index (χ1v) is 16.1. The van der Waals surface area contributed by atoms with Gasteiger partial charge in [-0.3, -0.25) is 5.32 Å². The van der Waals surface area contributed by atoms with E-state index in [0.717, 1.165) is 50.6 Å². The molecular formula is C33H57NO4. The second kappa shape index (κ2) is 13.8. The Morgan fingerprint density at radius 2 is 1.89 bits per heavy atom. The quantitative estimate of drug-likeness (QED) is 0.258. The Hall–Kier alpha value is -0.720. The Morgan fingerprint density at radius 3 is 2.55 bits per heavy atom. The predicted octanol–water partition coefficient (Wildman–Crippen LogP) is 6.05. The highest BCUT2D eigenvalue weighted by Crippen LogP contribution is 2.61. The molecule has 0 amide bonds. The highest BCUT2D eigenvalue weighted by atomic mass is 16.6. The SMILES string of the molecule is C/C=C1\C(=C2/CC3CCC(C(O)NCC(CC)CCCC)C4C(CO)CC[C@H](C2CC)C34)[C@H](C)COC1O. The molecule has 0 aromatic heterocycles. The normalized spacial score (nSPS) is 42.1. The van der Waals surface area contributed by atoms with E-state index in [9.17, 15) is 15.3 Å². The van der Waals surface area contributed by atoms with Gasteiger partial charge >= 0.3 is 0 Å². The minimum atomic E-state index is -0.812. The van der Waals surface area contributed by atoms with Gasteiger partial charge in [-0.15, -0.1) is 0 Å². The lowest BCUT2D eigenvalue weighted by molar-refractivity contribution is -0.114. The highest BCUT2D eigenvalue weighted by Gasteiger charge is 2.55. The van der Waals surface area contributed by atoms with Gasteiger partial charge in [0, 0.05) is 30.6 Å². The molecule has 1 aliphatic heterocycles. The van der Waals surface area contributed by atoms with E-state index in [2.05, 4.69) is 39.1 Å². The van der Waals surface area contributed by atoms with Gasteiger partial charge in [-0.2, -0.15) is 0 Å². The number of unbranched alkanes of at least 4 members (excludes halogenated alkanes) is 1. The van der Waals surface area contributed by atoms with Crippen LogP contribution in [0, 0.1) is 53.3 Å². The van der Waals surface area contributed by atoms with Gasteiger partial charge in [0.2, 0.25) is 0 Å². The minimum absolute atomic E-state index is 0.224. The second-order valence-corrected chi connectivity index (χ2v) is 13.1. The molecule has 4 rings (SSSR count). The predicted molar refractivity (Wildman–Crippen MR) is 154 cm³/mol. The van der Waals surface area contributed by atoms with E-state index in [4.69, 9.17) is 4.74 Å². The molecule has 3 aliphatic carbocycles. The zero-order valence-corrected chi connectivity index (χ0v) is 24.9. The van der Waals surface area contributed by atoms with Gasteiger partial charge in [0.05, 0.1) is 6.61 Å². The average molecular weight is 532 g/mol. The van der Waals surface area contributed by atoms with E-state index in [1.807, 2.05) is 6.92 Å². The van der Waals surface area contributed by atoms with Crippen LogP contribution >= 0.6 is 0 Å². The van der Waals surface area contributed by atoms with E-state index in [0.29, 0.717) is 54.0 Å². The van der Waals surface area contributed by atoms with Gasteiger partial charge < -0.3 is 20.1 Å². The Balaban J connectivity index is 1.60. The van der Waals surface area contributed by atoms with E-state index < -0.39 is 12.5 Å². The fraction of sp³-hybridized carbons (Fsp3) is 0.879. The average Bonchev–Trinajstić information content (AvgIpc) is 2.94. The first-order valence-electron chi connectivity index (χ1n) is 16.1. The van der Waals surface area contributed by atoms with E-state index >= 15 is 0 Å². The smallest absolute Gasteiger partial charge is 0.181 e. The van der Waals surface area contributed by atoms with E-state index in [1.165, 1.54) is 31.3 Å². The third-order valence-electron chi connectivity index (χ3n) is 11.2. The van der Waals surface area contributed by atoms with Crippen LogP contribution in [0.5, 0.6) is 0 Å². The third kappa shape index (κ3) is 5.98. The molecule has 4 N–H and O–H groups in total. The Kier molecular flexibility index (Phi) is 11.0. The molecule has 5 heteroatoms. The summed E-state index contributed by atoms with van der Waals surface area (Å²) in [5.41, 5.74) is 3.94. The molecule has 4 aliphatic rings. The summed E-state index contributed by atoms with van der Waals surface area (Å²) >= 11 is 0. The zero-order valence-electron chi connectivity index (χ0n) is 24.9. The molecule has 0 aromatic rings. The maximum Gasteiger partial charge on any atom is 0.181 e. The molecule has 1 saturated heterocycles. The maximum atomic E-state index is 11.5. The second-order valence-electron chi connectivity index (χ2n) is 13.1. The zero-order chi connectivity index (χ0) is 27.4. The van der Waals surface area contributed by atoms with Crippen LogP contribution in [0.25, 0.3) is 0 Å². The van der Waals surface area contributed by atoms with Gasteiger partial charge in [-0.25, -0.2) is 0 Å². The minimum Gasteiger partial charge on any atom is -0.396 e. The van der Waals surface area contributed by atoms with Crippen LogP contribution in [-0.4, -0.2) is 47.6 Å². The largest absolute Gasteiger partial charge is 0.396 e. The lowest BCUT2D eigenvalue weighted by Gasteiger charge is -2.59. The standard InChI is InChI=1S/C33H57NO4/c1-6-10-11-21(7-2)17-34-32(36)27-15-12-22-16-28(29-20(5)19-38-33(37)25(29)9-4)24(8-3)26-14-13-23(18-35)31(27)30(22)26/h9,20-24,26-27,30-37H,6-8,10-19H2,1-5H3/b25-9+,29-28+/t20-,21?,22?,23?,24?,26-,27?,30?,31?,32?,33?/m1/s1. The van der Waals surface area contributed by atoms with Crippen LogP contribution in [-0.2, 0) is 4.74 Å². The number of nitrogens with one attached hydrogen (secondary N) is 1. The molecule has 1 heterocycles. The monoisotopic (exact) mass is 531 g/mol. The van der Waals surface area contributed by atoms with Crippen molar-refractivity contribution >= 4 is 0 Å². The molecule has 0 bridgehead atoms. The van der Waals surface area contributed by atoms with Crippen molar-refractivity contribution in [3.05, 3.63) is 22.8 Å². The molecule has 4 fully saturated rings. The van der Waals surface area contributed by atoms with Crippen molar-refractivity contribution < 1.29 is 20.1 Å². The summed E-state index contributed by atoms with van der Waals surface area (Å²) in [5, 5.41) is 36.3. The van der Waals surface area contributed by atoms with Gasteiger partial charge in [0.25, 0.3) is 0 Å². The molecule has 218 valence electrons. The summed E-state index contributed by atoms with van der Waals surface area (Å²) < 4.78 is 5.70. The molecular weight excluding hydrogens is 474 g/mol. The van der Waals surface area contributed by atoms with Crippen molar-refractivity contribution in [3.63, 3.8) is 0 Å². The Bertz CT molecular complexity index is 824. The van der Waals surface area contributed by atoms with Crippen molar-refractivity contribution in [2.45, 2.75) is 111 Å². The Morgan fingerprint density at radius 1 is 1.11 bits per heavy atom. The van der Waals surface area contributed by atoms with Gasteiger partial charge in [-0.1, -0.05) is 58.6 Å². The first-order chi connectivity index (χ1) is 18.4. The molecule has 0 radical (unpaired) electrons. The van der Waals surface area contributed by atoms with E-state index in [-0.39, 0.29) is 12.5 Å². The van der Waals surface area contributed by atoms with Crippen LogP contribution in [0.15, 0.2) is 22.8 Å². The summed E-state index contributed by atoms with van der Waals surface area (Å²) in [6.45, 7) is 12.9. The van der Waals surface area contributed by atoms with Crippen LogP contribution in [0.2, 0.25) is 0 Å². The molecule has 5 nitrogen and oxygen atoms in total. The van der Waals surface area contributed by atoms with Crippen LogP contribution < -0.4 is 5.32 Å². The van der Waals surface area contributed by atoms with Crippen molar-refractivity contribution in [1.29, 1.82) is 0 Å². The molecule has 11 atom stereocenters. The fourth-order valence-corrected chi connectivity index (χ4v) is 9.33. The topological polar surface area (TPSA) is 82.0 Å². The number of allylic oxidation sites excluding steroid dienone is 2. The molecule has 0 spiro atoms. The number of aliphatic hydroxyl groups excluding tert-OH is 3. The van der Waals surface area contributed by atoms with Gasteiger partial charge in [0.1, 0.15) is 6.23 Å². The number of hydrogen-bond acceptors (Lipinski definition) is 5. The van der Waals surface area contributed by atoms with Crippen LogP contribution in [0.4, 0.5) is 0 Å². The Labute approximate surface area is 232 Å². The number of ether oxygens (including phenoxy) is 1. The number of rotatable bonds is 10. The number of hydrogen-bond donors (Lipinski definition) is 4. The van der Waals surface area contributed by atoms with Gasteiger partial charge in [0.15, 0.2) is 6.29 Å². The summed E-state index contributed by atoms with van der Waals surface area (Å²) in [6, 6.07) is 0. The highest BCUT2D eigenvalue weighted by molar-refractivity contribution is 5.42. The third-order valence-corrected chi connectivity index (χ3v) is 11.2.